The lowest BCUT2D eigenvalue weighted by atomic mass is 10.0. The Hall–Kier alpha value is -1.14. The number of hydrogen-bond acceptors (Lipinski definition) is 4. The second-order valence-electron chi connectivity index (χ2n) is 6.52. The molecule has 1 heterocycles. The van der Waals surface area contributed by atoms with Gasteiger partial charge in [-0.25, -0.2) is 0 Å². The Labute approximate surface area is 139 Å². The van der Waals surface area contributed by atoms with Gasteiger partial charge in [0.25, 0.3) is 0 Å². The van der Waals surface area contributed by atoms with Gasteiger partial charge in [0.2, 0.25) is 11.8 Å². The lowest BCUT2D eigenvalue weighted by molar-refractivity contribution is -0.148. The zero-order valence-corrected chi connectivity index (χ0v) is 15.0. The van der Waals surface area contributed by atoms with Crippen molar-refractivity contribution in [2.24, 2.45) is 0 Å². The summed E-state index contributed by atoms with van der Waals surface area (Å²) in [4.78, 5) is 25.8. The lowest BCUT2D eigenvalue weighted by Crippen LogP contribution is -2.57. The van der Waals surface area contributed by atoms with Crippen LogP contribution in [0, 0.1) is 0 Å². The van der Waals surface area contributed by atoms with Crippen LogP contribution >= 0.6 is 0 Å². The van der Waals surface area contributed by atoms with Crippen molar-refractivity contribution in [1.82, 2.24) is 10.2 Å². The van der Waals surface area contributed by atoms with Crippen LogP contribution in [-0.2, 0) is 19.1 Å². The normalized spacial score (nSPS) is 22.7. The summed E-state index contributed by atoms with van der Waals surface area (Å²) >= 11 is 0. The molecule has 2 atom stereocenters. The second kappa shape index (κ2) is 9.88. The zero-order valence-electron chi connectivity index (χ0n) is 15.0. The number of nitrogens with zero attached hydrogens (tertiary/aromatic N) is 1. The Balaban J connectivity index is 2.39. The lowest BCUT2D eigenvalue weighted by Gasteiger charge is -2.40. The smallest absolute Gasteiger partial charge is 0.246 e. The number of amides is 2. The summed E-state index contributed by atoms with van der Waals surface area (Å²) in [6.45, 7) is 10.1. The number of carbonyl (C=O) groups excluding carboxylic acids is 2. The van der Waals surface area contributed by atoms with Gasteiger partial charge in [-0.2, -0.15) is 0 Å². The number of rotatable bonds is 9. The average Bonchev–Trinajstić information content (AvgIpc) is 2.55. The van der Waals surface area contributed by atoms with Gasteiger partial charge in [-0.1, -0.05) is 20.3 Å². The molecule has 23 heavy (non-hydrogen) atoms. The monoisotopic (exact) mass is 328 g/mol. The fourth-order valence-corrected chi connectivity index (χ4v) is 2.41. The fraction of sp³-hybridized carbons (Fsp3) is 0.882. The van der Waals surface area contributed by atoms with Crippen LogP contribution in [0.25, 0.3) is 0 Å². The topological polar surface area (TPSA) is 67.9 Å². The van der Waals surface area contributed by atoms with Crippen molar-refractivity contribution in [2.75, 3.05) is 32.8 Å². The van der Waals surface area contributed by atoms with Gasteiger partial charge in [-0.3, -0.25) is 9.59 Å². The molecule has 1 rings (SSSR count). The maximum atomic E-state index is 12.2. The molecule has 1 aliphatic heterocycles. The van der Waals surface area contributed by atoms with Crippen molar-refractivity contribution >= 4 is 11.8 Å². The van der Waals surface area contributed by atoms with Crippen LogP contribution in [0.3, 0.4) is 0 Å². The zero-order chi connectivity index (χ0) is 17.3. The summed E-state index contributed by atoms with van der Waals surface area (Å²) < 4.78 is 11.2. The molecule has 1 fully saturated rings. The van der Waals surface area contributed by atoms with Crippen LogP contribution in [0.5, 0.6) is 0 Å². The van der Waals surface area contributed by atoms with Gasteiger partial charge in [0.15, 0.2) is 0 Å². The molecule has 1 aliphatic rings. The van der Waals surface area contributed by atoms with Crippen molar-refractivity contribution in [3.63, 3.8) is 0 Å². The largest absolute Gasteiger partial charge is 0.370 e. The highest BCUT2D eigenvalue weighted by Crippen LogP contribution is 2.18. The molecular formula is C17H32N2O4. The molecule has 0 spiro atoms. The van der Waals surface area contributed by atoms with Gasteiger partial charge >= 0.3 is 0 Å². The molecule has 0 bridgehead atoms. The predicted molar refractivity (Wildman–Crippen MR) is 89.2 cm³/mol. The third kappa shape index (κ3) is 7.31. The highest BCUT2D eigenvalue weighted by Gasteiger charge is 2.34. The Morgan fingerprint density at radius 1 is 1.39 bits per heavy atom. The standard InChI is InChI=1S/C17H32N2O4/c1-5-7-8-16(21)19-9-10-23-17(4,13-19)12-18-15(20)11-22-14(3)6-2/h14H,5-13H2,1-4H3,(H,18,20). The number of ether oxygens (including phenoxy) is 2. The van der Waals surface area contributed by atoms with Crippen LogP contribution < -0.4 is 5.32 Å². The van der Waals surface area contributed by atoms with E-state index in [2.05, 4.69) is 12.2 Å². The average molecular weight is 328 g/mol. The molecule has 0 aromatic rings. The molecule has 0 aromatic heterocycles. The summed E-state index contributed by atoms with van der Waals surface area (Å²) in [5.74, 6) is 0.0253. The first-order valence-corrected chi connectivity index (χ1v) is 8.70. The summed E-state index contributed by atoms with van der Waals surface area (Å²) in [6, 6.07) is 0. The maximum absolute atomic E-state index is 12.2. The van der Waals surface area contributed by atoms with Crippen LogP contribution in [-0.4, -0.2) is 61.3 Å². The third-order valence-corrected chi connectivity index (χ3v) is 4.17. The van der Waals surface area contributed by atoms with E-state index < -0.39 is 5.60 Å². The first-order chi connectivity index (χ1) is 10.9. The number of morpholine rings is 1. The van der Waals surface area contributed by atoms with Gasteiger partial charge in [0.05, 0.1) is 19.3 Å². The van der Waals surface area contributed by atoms with Crippen molar-refractivity contribution in [3.8, 4) is 0 Å². The molecule has 1 N–H and O–H groups in total. The second-order valence-corrected chi connectivity index (χ2v) is 6.52. The number of nitrogens with one attached hydrogen (secondary N) is 1. The van der Waals surface area contributed by atoms with Crippen molar-refractivity contribution in [1.29, 1.82) is 0 Å². The summed E-state index contributed by atoms with van der Waals surface area (Å²) in [7, 11) is 0. The van der Waals surface area contributed by atoms with E-state index in [0.717, 1.165) is 19.3 Å². The summed E-state index contributed by atoms with van der Waals surface area (Å²) in [5, 5.41) is 2.85. The Morgan fingerprint density at radius 2 is 2.13 bits per heavy atom. The van der Waals surface area contributed by atoms with E-state index in [1.54, 1.807) is 0 Å². The minimum absolute atomic E-state index is 0.0598. The van der Waals surface area contributed by atoms with Gasteiger partial charge in [0, 0.05) is 19.5 Å². The van der Waals surface area contributed by atoms with Gasteiger partial charge < -0.3 is 19.7 Å². The molecule has 0 aromatic carbocycles. The van der Waals surface area contributed by atoms with Crippen LogP contribution in [0.2, 0.25) is 0 Å². The summed E-state index contributed by atoms with van der Waals surface area (Å²) in [5.41, 5.74) is -0.536. The van der Waals surface area contributed by atoms with E-state index >= 15 is 0 Å². The van der Waals surface area contributed by atoms with E-state index in [-0.39, 0.29) is 24.5 Å². The molecule has 2 amide bonds. The van der Waals surface area contributed by atoms with Crippen molar-refractivity contribution < 1.29 is 19.1 Å². The molecule has 1 saturated heterocycles. The first kappa shape index (κ1) is 19.9. The first-order valence-electron chi connectivity index (χ1n) is 8.70. The van der Waals surface area contributed by atoms with Crippen LogP contribution in [0.4, 0.5) is 0 Å². The molecular weight excluding hydrogens is 296 g/mol. The van der Waals surface area contributed by atoms with Gasteiger partial charge in [-0.15, -0.1) is 0 Å². The quantitative estimate of drug-likeness (QED) is 0.700. The summed E-state index contributed by atoms with van der Waals surface area (Å²) in [6.07, 6.45) is 3.47. The molecule has 0 aliphatic carbocycles. The fourth-order valence-electron chi connectivity index (χ4n) is 2.41. The SMILES string of the molecule is CCCCC(=O)N1CCOC(C)(CNC(=O)COC(C)CC)C1. The molecule has 134 valence electrons. The Morgan fingerprint density at radius 3 is 2.78 bits per heavy atom. The van der Waals surface area contributed by atoms with E-state index in [9.17, 15) is 9.59 Å². The van der Waals surface area contributed by atoms with Crippen LogP contribution in [0.1, 0.15) is 53.4 Å². The predicted octanol–water partition coefficient (Wildman–Crippen LogP) is 1.73. The molecule has 0 radical (unpaired) electrons. The molecule has 0 saturated carbocycles. The molecule has 6 heteroatoms. The third-order valence-electron chi connectivity index (χ3n) is 4.17. The van der Waals surface area contributed by atoms with Gasteiger partial charge in [-0.05, 0) is 26.7 Å². The number of hydrogen-bond donors (Lipinski definition) is 1. The molecule has 2 unspecified atom stereocenters. The van der Waals surface area contributed by atoms with Crippen molar-refractivity contribution in [3.05, 3.63) is 0 Å². The minimum Gasteiger partial charge on any atom is -0.370 e. The Bertz CT molecular complexity index is 389. The van der Waals surface area contributed by atoms with E-state index in [4.69, 9.17) is 9.47 Å². The number of unbranched alkanes of at least 4 members (excludes halogenated alkanes) is 1. The Kier molecular flexibility index (Phi) is 8.55. The van der Waals surface area contributed by atoms with Gasteiger partial charge in [0.1, 0.15) is 12.2 Å². The highest BCUT2D eigenvalue weighted by atomic mass is 16.5. The highest BCUT2D eigenvalue weighted by molar-refractivity contribution is 5.77. The maximum Gasteiger partial charge on any atom is 0.246 e. The minimum atomic E-state index is -0.536. The van der Waals surface area contributed by atoms with Crippen molar-refractivity contribution in [2.45, 2.75) is 65.1 Å². The van der Waals surface area contributed by atoms with E-state index in [1.165, 1.54) is 0 Å². The number of carbonyl (C=O) groups is 2. The van der Waals surface area contributed by atoms with E-state index in [0.29, 0.717) is 32.7 Å². The van der Waals surface area contributed by atoms with E-state index in [1.807, 2.05) is 25.7 Å². The van der Waals surface area contributed by atoms with Crippen LogP contribution in [0.15, 0.2) is 0 Å². The molecule has 6 nitrogen and oxygen atoms in total.